The minimum atomic E-state index is 0.240. The molecular weight excluding hydrogens is 277 g/mol. The minimum Gasteiger partial charge on any atom is -0.378 e. The topological polar surface area (TPSA) is 21.3 Å². The second-order valence-electron chi connectivity index (χ2n) is 3.86. The molecule has 1 fully saturated rings. The van der Waals surface area contributed by atoms with Gasteiger partial charge >= 0.3 is 0 Å². The summed E-state index contributed by atoms with van der Waals surface area (Å²) < 4.78 is 6.51. The number of halogens is 2. The maximum absolute atomic E-state index is 6.01. The quantitative estimate of drug-likeness (QED) is 0.858. The largest absolute Gasteiger partial charge is 0.378 e. The Hall–Kier alpha value is -0.0900. The van der Waals surface area contributed by atoms with Gasteiger partial charge in [0.1, 0.15) is 0 Å². The fourth-order valence-corrected chi connectivity index (χ4v) is 2.66. The van der Waals surface area contributed by atoms with Crippen molar-refractivity contribution < 1.29 is 4.74 Å². The van der Waals surface area contributed by atoms with Gasteiger partial charge in [-0.25, -0.2) is 0 Å². The SMILES string of the molecule is C[C@@H]1COC[C@@H](c2cc(Cl)cc(Br)c2)N1. The first-order chi connectivity index (χ1) is 7.15. The monoisotopic (exact) mass is 289 g/mol. The Balaban J connectivity index is 2.20. The Bertz CT molecular complexity index is 338. The lowest BCUT2D eigenvalue weighted by Crippen LogP contribution is -2.41. The highest BCUT2D eigenvalue weighted by Gasteiger charge is 2.20. The van der Waals surface area contributed by atoms with Gasteiger partial charge < -0.3 is 10.1 Å². The molecule has 0 unspecified atom stereocenters. The average Bonchev–Trinajstić information content (AvgIpc) is 2.16. The van der Waals surface area contributed by atoms with E-state index in [1.807, 2.05) is 12.1 Å². The van der Waals surface area contributed by atoms with Crippen molar-refractivity contribution >= 4 is 27.5 Å². The molecule has 15 heavy (non-hydrogen) atoms. The van der Waals surface area contributed by atoms with Crippen LogP contribution in [0.25, 0.3) is 0 Å². The zero-order valence-corrected chi connectivity index (χ0v) is 10.8. The van der Waals surface area contributed by atoms with Crippen molar-refractivity contribution in [3.63, 3.8) is 0 Å². The van der Waals surface area contributed by atoms with E-state index in [0.29, 0.717) is 12.6 Å². The Kier molecular flexibility index (Phi) is 3.67. The van der Waals surface area contributed by atoms with E-state index in [9.17, 15) is 0 Å². The Labute approximate surface area is 103 Å². The van der Waals surface area contributed by atoms with E-state index in [2.05, 4.69) is 34.2 Å². The molecule has 0 bridgehead atoms. The summed E-state index contributed by atoms with van der Waals surface area (Å²) in [6.07, 6.45) is 0. The van der Waals surface area contributed by atoms with Gasteiger partial charge in [0.2, 0.25) is 0 Å². The molecule has 1 aliphatic heterocycles. The van der Waals surface area contributed by atoms with Crippen molar-refractivity contribution in [2.75, 3.05) is 13.2 Å². The van der Waals surface area contributed by atoms with Crippen LogP contribution in [0, 0.1) is 0 Å². The molecule has 82 valence electrons. The van der Waals surface area contributed by atoms with Crippen molar-refractivity contribution in [1.82, 2.24) is 5.32 Å². The molecule has 1 aromatic rings. The number of hydrogen-bond acceptors (Lipinski definition) is 2. The zero-order valence-electron chi connectivity index (χ0n) is 8.47. The number of morpholine rings is 1. The van der Waals surface area contributed by atoms with E-state index in [1.165, 1.54) is 5.56 Å². The first kappa shape index (κ1) is 11.4. The van der Waals surface area contributed by atoms with Gasteiger partial charge in [-0.05, 0) is 30.7 Å². The number of nitrogens with one attached hydrogen (secondary N) is 1. The van der Waals surface area contributed by atoms with Crippen molar-refractivity contribution in [3.8, 4) is 0 Å². The molecule has 1 aromatic carbocycles. The van der Waals surface area contributed by atoms with Gasteiger partial charge in [0.25, 0.3) is 0 Å². The molecule has 0 aliphatic carbocycles. The lowest BCUT2D eigenvalue weighted by Gasteiger charge is -2.29. The molecule has 0 saturated carbocycles. The molecule has 2 rings (SSSR count). The summed E-state index contributed by atoms with van der Waals surface area (Å²) in [7, 11) is 0. The van der Waals surface area contributed by atoms with Crippen LogP contribution in [0.2, 0.25) is 5.02 Å². The summed E-state index contributed by atoms with van der Waals surface area (Å²) >= 11 is 9.45. The van der Waals surface area contributed by atoms with E-state index in [1.54, 1.807) is 0 Å². The second kappa shape index (κ2) is 4.83. The van der Waals surface area contributed by atoms with Crippen LogP contribution in [0.3, 0.4) is 0 Å². The summed E-state index contributed by atoms with van der Waals surface area (Å²) in [6.45, 7) is 3.60. The Morgan fingerprint density at radius 1 is 1.40 bits per heavy atom. The number of rotatable bonds is 1. The third-order valence-corrected chi connectivity index (χ3v) is 3.10. The van der Waals surface area contributed by atoms with Gasteiger partial charge in [-0.2, -0.15) is 0 Å². The molecule has 2 atom stereocenters. The van der Waals surface area contributed by atoms with E-state index in [4.69, 9.17) is 16.3 Å². The first-order valence-corrected chi connectivity index (χ1v) is 6.12. The molecule has 0 aromatic heterocycles. The van der Waals surface area contributed by atoms with Crippen LogP contribution in [-0.2, 0) is 4.74 Å². The normalized spacial score (nSPS) is 26.6. The molecule has 0 spiro atoms. The van der Waals surface area contributed by atoms with E-state index in [-0.39, 0.29) is 6.04 Å². The fourth-order valence-electron chi connectivity index (χ4n) is 1.77. The van der Waals surface area contributed by atoms with Crippen LogP contribution >= 0.6 is 27.5 Å². The van der Waals surface area contributed by atoms with Crippen molar-refractivity contribution in [3.05, 3.63) is 33.3 Å². The molecule has 4 heteroatoms. The Morgan fingerprint density at radius 3 is 2.87 bits per heavy atom. The average molecular weight is 291 g/mol. The minimum absolute atomic E-state index is 0.240. The predicted octanol–water partition coefficient (Wildman–Crippen LogP) is 3.15. The molecule has 2 nitrogen and oxygen atoms in total. The molecular formula is C11H13BrClNO. The van der Waals surface area contributed by atoms with Crippen LogP contribution in [0.15, 0.2) is 22.7 Å². The van der Waals surface area contributed by atoms with Crippen molar-refractivity contribution in [1.29, 1.82) is 0 Å². The summed E-state index contributed by atoms with van der Waals surface area (Å²) in [5.41, 5.74) is 1.17. The highest BCUT2D eigenvalue weighted by Crippen LogP contribution is 2.25. The first-order valence-electron chi connectivity index (χ1n) is 4.95. The predicted molar refractivity (Wildman–Crippen MR) is 65.3 cm³/mol. The van der Waals surface area contributed by atoms with Crippen LogP contribution in [-0.4, -0.2) is 19.3 Å². The maximum Gasteiger partial charge on any atom is 0.0662 e. The van der Waals surface area contributed by atoms with Gasteiger partial charge in [0.15, 0.2) is 0 Å². The summed E-state index contributed by atoms with van der Waals surface area (Å²) in [5, 5.41) is 4.23. The summed E-state index contributed by atoms with van der Waals surface area (Å²) in [6, 6.07) is 6.57. The third-order valence-electron chi connectivity index (χ3n) is 2.43. The molecule has 1 N–H and O–H groups in total. The number of hydrogen-bond donors (Lipinski definition) is 1. The lowest BCUT2D eigenvalue weighted by atomic mass is 10.1. The van der Waals surface area contributed by atoms with Gasteiger partial charge in [-0.1, -0.05) is 27.5 Å². The van der Waals surface area contributed by atoms with E-state index < -0.39 is 0 Å². The van der Waals surface area contributed by atoms with Crippen molar-refractivity contribution in [2.45, 2.75) is 19.0 Å². The maximum atomic E-state index is 6.01. The molecule has 1 saturated heterocycles. The Morgan fingerprint density at radius 2 is 2.20 bits per heavy atom. The van der Waals surface area contributed by atoms with Gasteiger partial charge in [-0.15, -0.1) is 0 Å². The van der Waals surface area contributed by atoms with Crippen LogP contribution in [0.4, 0.5) is 0 Å². The smallest absolute Gasteiger partial charge is 0.0662 e. The second-order valence-corrected chi connectivity index (χ2v) is 5.21. The van der Waals surface area contributed by atoms with E-state index in [0.717, 1.165) is 16.1 Å². The molecule has 1 aliphatic rings. The van der Waals surface area contributed by atoms with Crippen molar-refractivity contribution in [2.24, 2.45) is 0 Å². The summed E-state index contributed by atoms with van der Waals surface area (Å²) in [4.78, 5) is 0. The fraction of sp³-hybridized carbons (Fsp3) is 0.455. The standard InChI is InChI=1S/C11H13BrClNO/c1-7-5-15-6-11(14-7)8-2-9(12)4-10(13)3-8/h2-4,7,11,14H,5-6H2,1H3/t7-,11+/m1/s1. The van der Waals surface area contributed by atoms with Crippen LogP contribution < -0.4 is 5.32 Å². The highest BCUT2D eigenvalue weighted by molar-refractivity contribution is 9.10. The molecule has 0 amide bonds. The zero-order chi connectivity index (χ0) is 10.8. The summed E-state index contributed by atoms with van der Waals surface area (Å²) in [5.74, 6) is 0. The number of ether oxygens (including phenoxy) is 1. The van der Waals surface area contributed by atoms with Gasteiger partial charge in [-0.3, -0.25) is 0 Å². The third kappa shape index (κ3) is 2.94. The highest BCUT2D eigenvalue weighted by atomic mass is 79.9. The number of benzene rings is 1. The van der Waals surface area contributed by atoms with E-state index >= 15 is 0 Å². The van der Waals surface area contributed by atoms with Crippen LogP contribution in [0.1, 0.15) is 18.5 Å². The van der Waals surface area contributed by atoms with Gasteiger partial charge in [0.05, 0.1) is 19.3 Å². The van der Waals surface area contributed by atoms with Crippen LogP contribution in [0.5, 0.6) is 0 Å². The molecule has 1 heterocycles. The molecule has 0 radical (unpaired) electrons. The van der Waals surface area contributed by atoms with Gasteiger partial charge in [0, 0.05) is 15.5 Å². The lowest BCUT2D eigenvalue weighted by molar-refractivity contribution is 0.0504.